The van der Waals surface area contributed by atoms with E-state index in [1.807, 2.05) is 0 Å². The highest BCUT2D eigenvalue weighted by atomic mass is 32.2. The van der Waals surface area contributed by atoms with Crippen LogP contribution < -0.4 is 5.32 Å². The standard InChI is InChI=1S/C15H17N3O3S2/c1-23(20,21)14-4-10-6-16-11(5-13(10)22-14)15(19)17-12-8-18-3-2-9(12)7-18/h4-6,9,12H,2-3,7-8H2,1H3,(H,17,19). The zero-order valence-corrected chi connectivity index (χ0v) is 14.3. The number of hydrogen-bond acceptors (Lipinski definition) is 6. The number of thiophene rings is 1. The minimum Gasteiger partial charge on any atom is -0.346 e. The number of nitrogens with zero attached hydrogens (tertiary/aromatic N) is 2. The number of piperidine rings is 1. The number of pyridine rings is 1. The predicted octanol–water partition coefficient (Wildman–Crippen LogP) is 1.13. The second-order valence-electron chi connectivity index (χ2n) is 6.33. The van der Waals surface area contributed by atoms with Crippen LogP contribution in [0.5, 0.6) is 0 Å². The maximum Gasteiger partial charge on any atom is 0.270 e. The summed E-state index contributed by atoms with van der Waals surface area (Å²) in [4.78, 5) is 19.0. The molecule has 0 aliphatic carbocycles. The summed E-state index contributed by atoms with van der Waals surface area (Å²) in [5.74, 6) is 0.362. The van der Waals surface area contributed by atoms with Crippen molar-refractivity contribution < 1.29 is 13.2 Å². The highest BCUT2D eigenvalue weighted by Gasteiger charge is 2.38. The van der Waals surface area contributed by atoms with Crippen molar-refractivity contribution in [2.75, 3.05) is 25.9 Å². The normalized spacial score (nSPS) is 26.7. The Morgan fingerprint density at radius 1 is 1.39 bits per heavy atom. The maximum atomic E-state index is 12.4. The number of hydrogen-bond donors (Lipinski definition) is 1. The molecular formula is C15H17N3O3S2. The molecule has 2 saturated heterocycles. The van der Waals surface area contributed by atoms with E-state index in [1.165, 1.54) is 17.6 Å². The van der Waals surface area contributed by atoms with Crippen LogP contribution in [-0.2, 0) is 9.84 Å². The summed E-state index contributed by atoms with van der Waals surface area (Å²) in [7, 11) is -3.24. The molecule has 0 spiro atoms. The van der Waals surface area contributed by atoms with E-state index in [0.29, 0.717) is 15.8 Å². The number of fused-ring (bicyclic) bond motifs is 3. The van der Waals surface area contributed by atoms with Gasteiger partial charge < -0.3 is 10.2 Å². The second-order valence-corrected chi connectivity index (χ2v) is 9.66. The van der Waals surface area contributed by atoms with Gasteiger partial charge in [-0.3, -0.25) is 9.78 Å². The molecule has 0 aromatic carbocycles. The third kappa shape index (κ3) is 2.75. The fourth-order valence-corrected chi connectivity index (χ4v) is 5.42. The number of carbonyl (C=O) groups excluding carboxylic acids is 1. The molecular weight excluding hydrogens is 334 g/mol. The zero-order valence-electron chi connectivity index (χ0n) is 12.7. The highest BCUT2D eigenvalue weighted by Crippen LogP contribution is 2.30. The lowest BCUT2D eigenvalue weighted by Gasteiger charge is -2.22. The van der Waals surface area contributed by atoms with E-state index >= 15 is 0 Å². The summed E-state index contributed by atoms with van der Waals surface area (Å²) in [5.41, 5.74) is 0.345. The Hall–Kier alpha value is -1.51. The average Bonchev–Trinajstić information content (AvgIpc) is 3.20. The van der Waals surface area contributed by atoms with Gasteiger partial charge in [0.05, 0.1) is 0 Å². The molecule has 4 heterocycles. The van der Waals surface area contributed by atoms with Gasteiger partial charge in [-0.2, -0.15) is 0 Å². The molecule has 2 fully saturated rings. The molecule has 2 bridgehead atoms. The lowest BCUT2D eigenvalue weighted by Crippen LogP contribution is -2.43. The van der Waals surface area contributed by atoms with E-state index in [-0.39, 0.29) is 11.9 Å². The Morgan fingerprint density at radius 2 is 2.22 bits per heavy atom. The summed E-state index contributed by atoms with van der Waals surface area (Å²) in [6.07, 6.45) is 3.89. The molecule has 8 heteroatoms. The van der Waals surface area contributed by atoms with Crippen molar-refractivity contribution in [3.8, 4) is 0 Å². The summed E-state index contributed by atoms with van der Waals surface area (Å²) in [6, 6.07) is 3.48. The molecule has 2 aromatic rings. The van der Waals surface area contributed by atoms with Gasteiger partial charge in [-0.05, 0) is 31.0 Å². The van der Waals surface area contributed by atoms with Crippen molar-refractivity contribution in [3.05, 3.63) is 24.0 Å². The summed E-state index contributed by atoms with van der Waals surface area (Å²) in [5, 5.41) is 3.82. The van der Waals surface area contributed by atoms with Crippen LogP contribution in [0.3, 0.4) is 0 Å². The van der Waals surface area contributed by atoms with Crippen molar-refractivity contribution in [1.82, 2.24) is 15.2 Å². The molecule has 1 N–H and O–H groups in total. The van der Waals surface area contributed by atoms with Gasteiger partial charge in [0.2, 0.25) is 0 Å². The quantitative estimate of drug-likeness (QED) is 0.897. The van der Waals surface area contributed by atoms with Crippen LogP contribution in [0.25, 0.3) is 10.1 Å². The van der Waals surface area contributed by atoms with Crippen LogP contribution >= 0.6 is 11.3 Å². The first-order chi connectivity index (χ1) is 10.9. The second kappa shape index (κ2) is 5.25. The van der Waals surface area contributed by atoms with E-state index in [1.54, 1.807) is 18.3 Å². The van der Waals surface area contributed by atoms with Crippen LogP contribution in [0.1, 0.15) is 16.9 Å². The number of amides is 1. The predicted molar refractivity (Wildman–Crippen MR) is 88.5 cm³/mol. The van der Waals surface area contributed by atoms with Gasteiger partial charge in [0.15, 0.2) is 9.84 Å². The first-order valence-electron chi connectivity index (χ1n) is 7.53. The molecule has 0 radical (unpaired) electrons. The van der Waals surface area contributed by atoms with Gasteiger partial charge in [0.25, 0.3) is 5.91 Å². The topological polar surface area (TPSA) is 79.4 Å². The minimum absolute atomic E-state index is 0.181. The number of carbonyl (C=O) groups is 1. The summed E-state index contributed by atoms with van der Waals surface area (Å²) < 4.78 is 24.3. The molecule has 2 aliphatic heterocycles. The highest BCUT2D eigenvalue weighted by molar-refractivity contribution is 7.92. The van der Waals surface area contributed by atoms with Crippen molar-refractivity contribution >= 4 is 37.2 Å². The van der Waals surface area contributed by atoms with Gasteiger partial charge in [0.1, 0.15) is 9.90 Å². The molecule has 2 aromatic heterocycles. The molecule has 1 amide bonds. The number of nitrogens with one attached hydrogen (secondary N) is 1. The van der Waals surface area contributed by atoms with Crippen LogP contribution in [0.4, 0.5) is 0 Å². The smallest absolute Gasteiger partial charge is 0.270 e. The lowest BCUT2D eigenvalue weighted by molar-refractivity contribution is 0.0919. The Labute approximate surface area is 138 Å². The molecule has 3 atom stereocenters. The monoisotopic (exact) mass is 351 g/mol. The number of rotatable bonds is 3. The summed E-state index contributed by atoms with van der Waals surface area (Å²) >= 11 is 1.17. The van der Waals surface area contributed by atoms with Gasteiger partial charge >= 0.3 is 0 Å². The lowest BCUT2D eigenvalue weighted by atomic mass is 10.00. The minimum atomic E-state index is -3.24. The Kier molecular flexibility index (Phi) is 3.44. The van der Waals surface area contributed by atoms with Crippen molar-refractivity contribution in [2.45, 2.75) is 16.7 Å². The van der Waals surface area contributed by atoms with Crippen LogP contribution in [0.15, 0.2) is 22.5 Å². The van der Waals surface area contributed by atoms with Gasteiger partial charge in [-0.1, -0.05) is 0 Å². The third-order valence-electron chi connectivity index (χ3n) is 4.63. The third-order valence-corrected chi connectivity index (χ3v) is 7.53. The average molecular weight is 351 g/mol. The van der Waals surface area contributed by atoms with Crippen molar-refractivity contribution in [3.63, 3.8) is 0 Å². The van der Waals surface area contributed by atoms with Crippen LogP contribution in [-0.4, -0.2) is 56.1 Å². The Balaban J connectivity index is 1.57. The number of aromatic nitrogens is 1. The molecule has 6 nitrogen and oxygen atoms in total. The summed E-state index contributed by atoms with van der Waals surface area (Å²) in [6.45, 7) is 3.11. The zero-order chi connectivity index (χ0) is 16.2. The van der Waals surface area contributed by atoms with Crippen molar-refractivity contribution in [2.24, 2.45) is 5.92 Å². The number of sulfone groups is 1. The Morgan fingerprint density at radius 3 is 2.87 bits per heavy atom. The molecule has 4 rings (SSSR count). The van der Waals surface area contributed by atoms with Crippen LogP contribution in [0, 0.1) is 5.92 Å². The van der Waals surface area contributed by atoms with E-state index in [4.69, 9.17) is 0 Å². The van der Waals surface area contributed by atoms with Crippen LogP contribution in [0.2, 0.25) is 0 Å². The fraction of sp³-hybridized carbons (Fsp3) is 0.467. The molecule has 122 valence electrons. The SMILES string of the molecule is CS(=O)(=O)c1cc2cnc(C(=O)NC3CN4CCC3C4)cc2s1. The Bertz CT molecular complexity index is 891. The van der Waals surface area contributed by atoms with E-state index in [2.05, 4.69) is 15.2 Å². The van der Waals surface area contributed by atoms with E-state index in [9.17, 15) is 13.2 Å². The van der Waals surface area contributed by atoms with E-state index in [0.717, 1.165) is 36.1 Å². The molecule has 3 unspecified atom stereocenters. The first kappa shape index (κ1) is 15.0. The van der Waals surface area contributed by atoms with Gasteiger partial charge in [-0.25, -0.2) is 8.42 Å². The molecule has 0 saturated carbocycles. The molecule has 23 heavy (non-hydrogen) atoms. The largest absolute Gasteiger partial charge is 0.346 e. The maximum absolute atomic E-state index is 12.4. The van der Waals surface area contributed by atoms with Gasteiger partial charge in [-0.15, -0.1) is 11.3 Å². The molecule has 2 aliphatic rings. The van der Waals surface area contributed by atoms with E-state index < -0.39 is 9.84 Å². The first-order valence-corrected chi connectivity index (χ1v) is 10.2. The van der Waals surface area contributed by atoms with Crippen molar-refractivity contribution in [1.29, 1.82) is 0 Å². The fourth-order valence-electron chi connectivity index (χ4n) is 3.41. The van der Waals surface area contributed by atoms with Gasteiger partial charge in [0, 0.05) is 41.7 Å².